The number of aromatic nitrogens is 2. The van der Waals surface area contributed by atoms with Crippen molar-refractivity contribution in [3.8, 4) is 0 Å². The Bertz CT molecular complexity index is 336. The monoisotopic (exact) mass is 213 g/mol. The second kappa shape index (κ2) is 5.11. The molecule has 0 saturated carbocycles. The normalized spacial score (nSPS) is 12.1. The van der Waals surface area contributed by atoms with Gasteiger partial charge in [0, 0.05) is 12.4 Å². The molecule has 1 atom stereocenters. The van der Waals surface area contributed by atoms with Gasteiger partial charge in [0.05, 0.1) is 0 Å². The van der Waals surface area contributed by atoms with E-state index in [9.17, 15) is 9.59 Å². The molecule has 1 rings (SSSR count). The lowest BCUT2D eigenvalue weighted by Crippen LogP contribution is -2.32. The zero-order valence-corrected chi connectivity index (χ0v) is 8.08. The van der Waals surface area contributed by atoms with Gasteiger partial charge in [-0.3, -0.25) is 14.3 Å². The Morgan fingerprint density at radius 3 is 2.93 bits per heavy atom. The number of rotatable bonds is 5. The van der Waals surface area contributed by atoms with Crippen LogP contribution in [0.15, 0.2) is 18.5 Å². The molecule has 1 aromatic rings. The molecule has 0 fully saturated rings. The number of carboxylic acids is 1. The third-order valence-electron chi connectivity index (χ3n) is 1.67. The van der Waals surface area contributed by atoms with Crippen LogP contribution < -0.4 is 5.48 Å². The van der Waals surface area contributed by atoms with Gasteiger partial charge in [0.1, 0.15) is 6.04 Å². The molecule has 0 aliphatic rings. The van der Waals surface area contributed by atoms with E-state index < -0.39 is 24.5 Å². The van der Waals surface area contributed by atoms with Crippen molar-refractivity contribution in [3.05, 3.63) is 18.5 Å². The smallest absolute Gasteiger partial charge is 0.332 e. The van der Waals surface area contributed by atoms with Crippen molar-refractivity contribution >= 4 is 11.9 Å². The minimum atomic E-state index is -1.15. The summed E-state index contributed by atoms with van der Waals surface area (Å²) in [7, 11) is 0. The summed E-state index contributed by atoms with van der Waals surface area (Å²) in [6, 6.07) is 1.14. The van der Waals surface area contributed by atoms with E-state index in [-0.39, 0.29) is 0 Å². The largest absolute Gasteiger partial charge is 0.479 e. The SMILES string of the molecule is CC(C(=O)NOCC(=O)O)n1cccn1. The molecule has 1 unspecified atom stereocenters. The Hall–Kier alpha value is -1.89. The molecular weight excluding hydrogens is 202 g/mol. The Kier molecular flexibility index (Phi) is 3.81. The summed E-state index contributed by atoms with van der Waals surface area (Å²) in [5.41, 5.74) is 2.02. The van der Waals surface area contributed by atoms with E-state index in [1.54, 1.807) is 25.4 Å². The van der Waals surface area contributed by atoms with Crippen LogP contribution in [0.3, 0.4) is 0 Å². The summed E-state index contributed by atoms with van der Waals surface area (Å²) in [5.74, 6) is -1.61. The van der Waals surface area contributed by atoms with Crippen LogP contribution in [0, 0.1) is 0 Å². The number of hydrogen-bond acceptors (Lipinski definition) is 4. The van der Waals surface area contributed by atoms with Crippen molar-refractivity contribution in [2.24, 2.45) is 0 Å². The number of amides is 1. The number of carbonyl (C=O) groups excluding carboxylic acids is 1. The van der Waals surface area contributed by atoms with Crippen LogP contribution in [0.1, 0.15) is 13.0 Å². The van der Waals surface area contributed by atoms with Crippen LogP contribution in [-0.4, -0.2) is 33.4 Å². The molecule has 1 aromatic heterocycles. The highest BCUT2D eigenvalue weighted by Crippen LogP contribution is 2.02. The van der Waals surface area contributed by atoms with Crippen molar-refractivity contribution in [1.29, 1.82) is 0 Å². The van der Waals surface area contributed by atoms with E-state index in [1.807, 2.05) is 5.48 Å². The number of nitrogens with one attached hydrogen (secondary N) is 1. The number of carbonyl (C=O) groups is 2. The lowest BCUT2D eigenvalue weighted by molar-refractivity contribution is -0.150. The van der Waals surface area contributed by atoms with E-state index in [2.05, 4.69) is 9.94 Å². The fourth-order valence-corrected chi connectivity index (χ4v) is 0.884. The van der Waals surface area contributed by atoms with Gasteiger partial charge in [-0.15, -0.1) is 0 Å². The summed E-state index contributed by atoms with van der Waals surface area (Å²) >= 11 is 0. The molecule has 0 spiro atoms. The molecule has 7 nitrogen and oxygen atoms in total. The second-order valence-electron chi connectivity index (χ2n) is 2.81. The van der Waals surface area contributed by atoms with Crippen molar-refractivity contribution in [2.75, 3.05) is 6.61 Å². The van der Waals surface area contributed by atoms with Crippen molar-refractivity contribution in [1.82, 2.24) is 15.3 Å². The molecule has 0 radical (unpaired) electrons. The predicted molar refractivity (Wildman–Crippen MR) is 48.7 cm³/mol. The minimum absolute atomic E-state index is 0.458. The second-order valence-corrected chi connectivity index (χ2v) is 2.81. The van der Waals surface area contributed by atoms with Crippen LogP contribution >= 0.6 is 0 Å². The molecule has 1 heterocycles. The van der Waals surface area contributed by atoms with Gasteiger partial charge in [-0.1, -0.05) is 0 Å². The summed E-state index contributed by atoms with van der Waals surface area (Å²) in [6.45, 7) is 1.05. The highest BCUT2D eigenvalue weighted by atomic mass is 16.7. The number of carboxylic acid groups (broad SMARTS) is 1. The van der Waals surface area contributed by atoms with Gasteiger partial charge < -0.3 is 5.11 Å². The summed E-state index contributed by atoms with van der Waals surface area (Å²) in [6.07, 6.45) is 3.17. The topological polar surface area (TPSA) is 93.5 Å². The lowest BCUT2D eigenvalue weighted by atomic mass is 10.3. The van der Waals surface area contributed by atoms with Crippen LogP contribution in [0.25, 0.3) is 0 Å². The van der Waals surface area contributed by atoms with Crippen LogP contribution in [-0.2, 0) is 14.4 Å². The molecule has 2 N–H and O–H groups in total. The van der Waals surface area contributed by atoms with Gasteiger partial charge >= 0.3 is 5.97 Å². The Labute approximate surface area is 85.6 Å². The zero-order valence-electron chi connectivity index (χ0n) is 8.08. The van der Waals surface area contributed by atoms with Crippen molar-refractivity contribution in [2.45, 2.75) is 13.0 Å². The molecule has 0 bridgehead atoms. The average Bonchev–Trinajstić information content (AvgIpc) is 2.68. The first-order valence-electron chi connectivity index (χ1n) is 4.24. The Morgan fingerprint density at radius 1 is 1.67 bits per heavy atom. The van der Waals surface area contributed by atoms with E-state index in [0.717, 1.165) is 0 Å². The number of hydrogen-bond donors (Lipinski definition) is 2. The highest BCUT2D eigenvalue weighted by molar-refractivity contribution is 5.79. The van der Waals surface area contributed by atoms with Gasteiger partial charge in [0.15, 0.2) is 6.61 Å². The third-order valence-corrected chi connectivity index (χ3v) is 1.67. The molecule has 15 heavy (non-hydrogen) atoms. The van der Waals surface area contributed by atoms with Crippen LogP contribution in [0.5, 0.6) is 0 Å². The quantitative estimate of drug-likeness (QED) is 0.648. The molecule has 0 aromatic carbocycles. The highest BCUT2D eigenvalue weighted by Gasteiger charge is 2.14. The first-order chi connectivity index (χ1) is 7.11. The van der Waals surface area contributed by atoms with Crippen LogP contribution in [0.2, 0.25) is 0 Å². The molecule has 0 saturated heterocycles. The fourth-order valence-electron chi connectivity index (χ4n) is 0.884. The first kappa shape index (κ1) is 11.2. The van der Waals surface area contributed by atoms with Gasteiger partial charge in [-0.05, 0) is 13.0 Å². The summed E-state index contributed by atoms with van der Waals surface area (Å²) in [4.78, 5) is 25.9. The minimum Gasteiger partial charge on any atom is -0.479 e. The third kappa shape index (κ3) is 3.39. The molecule has 82 valence electrons. The number of aliphatic carboxylic acids is 1. The van der Waals surface area contributed by atoms with Gasteiger partial charge in [0.2, 0.25) is 0 Å². The maximum Gasteiger partial charge on any atom is 0.332 e. The average molecular weight is 213 g/mol. The first-order valence-corrected chi connectivity index (χ1v) is 4.24. The maximum absolute atomic E-state index is 11.3. The number of hydroxylamine groups is 1. The zero-order chi connectivity index (χ0) is 11.3. The Balaban J connectivity index is 2.37. The summed E-state index contributed by atoms with van der Waals surface area (Å²) in [5, 5.41) is 12.1. The van der Waals surface area contributed by atoms with Gasteiger partial charge in [0.25, 0.3) is 5.91 Å². The fraction of sp³-hybridized carbons (Fsp3) is 0.375. The molecule has 0 aliphatic heterocycles. The van der Waals surface area contributed by atoms with E-state index >= 15 is 0 Å². The molecule has 0 aliphatic carbocycles. The van der Waals surface area contributed by atoms with Gasteiger partial charge in [-0.2, -0.15) is 5.10 Å². The van der Waals surface area contributed by atoms with Crippen LogP contribution in [0.4, 0.5) is 0 Å². The van der Waals surface area contributed by atoms with E-state index in [0.29, 0.717) is 0 Å². The Morgan fingerprint density at radius 2 is 2.40 bits per heavy atom. The van der Waals surface area contributed by atoms with Crippen molar-refractivity contribution in [3.63, 3.8) is 0 Å². The van der Waals surface area contributed by atoms with Crippen molar-refractivity contribution < 1.29 is 19.5 Å². The molecule has 1 amide bonds. The standard InChI is InChI=1S/C8H11N3O4/c1-6(11-4-2-3-9-11)8(14)10-15-5-7(12)13/h2-4,6H,5H2,1H3,(H,10,14)(H,12,13). The summed E-state index contributed by atoms with van der Waals surface area (Å²) < 4.78 is 1.43. The lowest BCUT2D eigenvalue weighted by Gasteiger charge is -2.11. The molecule has 7 heteroatoms. The predicted octanol–water partition coefficient (Wildman–Crippen LogP) is -0.424. The van der Waals surface area contributed by atoms with E-state index in [1.165, 1.54) is 4.68 Å². The molecular formula is C8H11N3O4. The maximum atomic E-state index is 11.3. The number of nitrogens with zero attached hydrogens (tertiary/aromatic N) is 2. The van der Waals surface area contributed by atoms with Gasteiger partial charge in [-0.25, -0.2) is 10.3 Å². The van der Waals surface area contributed by atoms with E-state index in [4.69, 9.17) is 5.11 Å².